The molecule has 128 valence electrons. The van der Waals surface area contributed by atoms with E-state index in [0.29, 0.717) is 25.9 Å². The van der Waals surface area contributed by atoms with E-state index >= 15 is 0 Å². The molecule has 1 aliphatic heterocycles. The Hall–Kier alpha value is -1.92. The molecule has 1 unspecified atom stereocenters. The maximum atomic E-state index is 12.4. The van der Waals surface area contributed by atoms with Gasteiger partial charge in [0.1, 0.15) is 11.4 Å². The Morgan fingerprint density at radius 2 is 2.25 bits per heavy atom. The summed E-state index contributed by atoms with van der Waals surface area (Å²) in [5.41, 5.74) is -0.882. The number of carbonyl (C=O) groups excluding carboxylic acids is 1. The van der Waals surface area contributed by atoms with Gasteiger partial charge in [-0.3, -0.25) is 4.79 Å². The fourth-order valence-corrected chi connectivity index (χ4v) is 4.00. The van der Waals surface area contributed by atoms with Crippen LogP contribution in [0.4, 0.5) is 5.82 Å². The molecule has 2 aromatic rings. The standard InChI is InChI=1S/C18H23N3O2S/c1-14-6-7-15(24-14)11-17(22)20(2)12-18(23)8-10-21(13-18)16-5-3-4-9-19-16/h3-7,9,23H,8,10-13H2,1-2H3. The fourth-order valence-electron chi connectivity index (χ4n) is 3.12. The highest BCUT2D eigenvalue weighted by Crippen LogP contribution is 2.26. The maximum Gasteiger partial charge on any atom is 0.227 e. The number of aromatic nitrogens is 1. The van der Waals surface area contributed by atoms with E-state index in [1.54, 1.807) is 29.5 Å². The van der Waals surface area contributed by atoms with Crippen molar-refractivity contribution >= 4 is 23.1 Å². The summed E-state index contributed by atoms with van der Waals surface area (Å²) in [6, 6.07) is 9.80. The highest BCUT2D eigenvalue weighted by molar-refractivity contribution is 7.12. The van der Waals surface area contributed by atoms with Crippen molar-refractivity contribution in [2.24, 2.45) is 0 Å². The van der Waals surface area contributed by atoms with Crippen molar-refractivity contribution in [1.82, 2.24) is 9.88 Å². The number of aryl methyl sites for hydroxylation is 1. The van der Waals surface area contributed by atoms with E-state index in [9.17, 15) is 9.90 Å². The van der Waals surface area contributed by atoms with Gasteiger partial charge in [-0.25, -0.2) is 4.98 Å². The zero-order valence-corrected chi connectivity index (χ0v) is 14.9. The number of anilines is 1. The van der Waals surface area contributed by atoms with E-state index < -0.39 is 5.60 Å². The Morgan fingerprint density at radius 3 is 2.92 bits per heavy atom. The van der Waals surface area contributed by atoms with E-state index in [1.165, 1.54) is 4.88 Å². The number of thiophene rings is 1. The molecule has 5 nitrogen and oxygen atoms in total. The van der Waals surface area contributed by atoms with Crippen LogP contribution in [0.3, 0.4) is 0 Å². The first-order chi connectivity index (χ1) is 11.5. The van der Waals surface area contributed by atoms with Gasteiger partial charge in [-0.1, -0.05) is 6.07 Å². The van der Waals surface area contributed by atoms with E-state index in [1.807, 2.05) is 37.3 Å². The first-order valence-electron chi connectivity index (χ1n) is 8.13. The summed E-state index contributed by atoms with van der Waals surface area (Å²) >= 11 is 1.65. The molecule has 0 bridgehead atoms. The molecule has 6 heteroatoms. The van der Waals surface area contributed by atoms with Gasteiger partial charge in [0.25, 0.3) is 0 Å². The highest BCUT2D eigenvalue weighted by Gasteiger charge is 2.38. The third kappa shape index (κ3) is 3.94. The predicted molar refractivity (Wildman–Crippen MR) is 96.4 cm³/mol. The van der Waals surface area contributed by atoms with Crippen LogP contribution in [-0.4, -0.2) is 53.2 Å². The molecule has 1 fully saturated rings. The van der Waals surface area contributed by atoms with Crippen molar-refractivity contribution in [2.45, 2.75) is 25.4 Å². The van der Waals surface area contributed by atoms with E-state index in [-0.39, 0.29) is 5.91 Å². The molecule has 0 radical (unpaired) electrons. The number of rotatable bonds is 5. The van der Waals surface area contributed by atoms with Crippen LogP contribution in [0.25, 0.3) is 0 Å². The lowest BCUT2D eigenvalue weighted by molar-refractivity contribution is -0.132. The molecule has 1 amide bonds. The number of nitrogens with zero attached hydrogens (tertiary/aromatic N) is 3. The summed E-state index contributed by atoms with van der Waals surface area (Å²) in [6.07, 6.45) is 2.79. The Balaban J connectivity index is 1.57. The van der Waals surface area contributed by atoms with E-state index in [2.05, 4.69) is 9.88 Å². The van der Waals surface area contributed by atoms with Crippen LogP contribution in [0.15, 0.2) is 36.5 Å². The average Bonchev–Trinajstić information content (AvgIpc) is 3.14. The van der Waals surface area contributed by atoms with E-state index in [4.69, 9.17) is 0 Å². The maximum absolute atomic E-state index is 12.4. The smallest absolute Gasteiger partial charge is 0.227 e. The third-order valence-electron chi connectivity index (χ3n) is 4.38. The molecular weight excluding hydrogens is 322 g/mol. The second-order valence-corrected chi connectivity index (χ2v) is 7.90. The largest absolute Gasteiger partial charge is 0.386 e. The molecule has 1 N–H and O–H groups in total. The van der Waals surface area contributed by atoms with Gasteiger partial charge in [0.15, 0.2) is 0 Å². The lowest BCUT2D eigenvalue weighted by atomic mass is 10.0. The molecule has 0 aromatic carbocycles. The summed E-state index contributed by atoms with van der Waals surface area (Å²) < 4.78 is 0. The lowest BCUT2D eigenvalue weighted by Gasteiger charge is -2.29. The van der Waals surface area contributed by atoms with Crippen molar-refractivity contribution in [2.75, 3.05) is 31.6 Å². The molecule has 3 heterocycles. The number of β-amino-alcohol motifs (C(OH)–C–C–N with tert-alkyl or cyclic N) is 1. The summed E-state index contributed by atoms with van der Waals surface area (Å²) in [4.78, 5) is 22.7. The molecule has 2 aromatic heterocycles. The lowest BCUT2D eigenvalue weighted by Crippen LogP contribution is -2.46. The monoisotopic (exact) mass is 345 g/mol. The van der Waals surface area contributed by atoms with Crippen LogP contribution in [0.1, 0.15) is 16.2 Å². The molecule has 1 saturated heterocycles. The van der Waals surface area contributed by atoms with Crippen molar-refractivity contribution in [3.8, 4) is 0 Å². The quantitative estimate of drug-likeness (QED) is 0.902. The first kappa shape index (κ1) is 16.9. The van der Waals surface area contributed by atoms with Crippen molar-refractivity contribution in [1.29, 1.82) is 0 Å². The van der Waals surface area contributed by atoms with Crippen molar-refractivity contribution in [3.05, 3.63) is 46.3 Å². The van der Waals surface area contributed by atoms with Gasteiger partial charge in [-0.05, 0) is 37.6 Å². The Kier molecular flexibility index (Phi) is 4.87. The second kappa shape index (κ2) is 6.91. The zero-order valence-electron chi connectivity index (χ0n) is 14.1. The number of pyridine rings is 1. The van der Waals surface area contributed by atoms with Gasteiger partial charge in [-0.15, -0.1) is 11.3 Å². The SMILES string of the molecule is Cc1ccc(CC(=O)N(C)CC2(O)CCN(c3ccccn3)C2)s1. The van der Waals surface area contributed by atoms with Gasteiger partial charge >= 0.3 is 0 Å². The summed E-state index contributed by atoms with van der Waals surface area (Å²) in [6.45, 7) is 3.63. The molecule has 0 aliphatic carbocycles. The van der Waals surface area contributed by atoms with E-state index in [0.717, 1.165) is 17.2 Å². The Bertz CT molecular complexity index is 703. The van der Waals surface area contributed by atoms with Crippen LogP contribution in [0.5, 0.6) is 0 Å². The number of amides is 1. The summed E-state index contributed by atoms with van der Waals surface area (Å²) in [7, 11) is 1.77. The van der Waals surface area contributed by atoms with Crippen molar-refractivity contribution in [3.63, 3.8) is 0 Å². The minimum Gasteiger partial charge on any atom is -0.386 e. The molecule has 1 aliphatic rings. The van der Waals surface area contributed by atoms with Crippen LogP contribution < -0.4 is 4.90 Å². The molecular formula is C18H23N3O2S. The Morgan fingerprint density at radius 1 is 1.42 bits per heavy atom. The second-order valence-electron chi connectivity index (χ2n) is 6.52. The molecule has 24 heavy (non-hydrogen) atoms. The minimum absolute atomic E-state index is 0.0431. The number of hydrogen-bond acceptors (Lipinski definition) is 5. The van der Waals surface area contributed by atoms with Gasteiger partial charge in [0.05, 0.1) is 13.0 Å². The van der Waals surface area contributed by atoms with Gasteiger partial charge in [0, 0.05) is 36.1 Å². The highest BCUT2D eigenvalue weighted by atomic mass is 32.1. The molecule has 0 saturated carbocycles. The normalized spacial score (nSPS) is 20.4. The zero-order chi connectivity index (χ0) is 17.2. The number of aliphatic hydroxyl groups is 1. The number of hydrogen-bond donors (Lipinski definition) is 1. The minimum atomic E-state index is -0.882. The Labute approximate surface area is 146 Å². The van der Waals surface area contributed by atoms with Gasteiger partial charge in [0.2, 0.25) is 5.91 Å². The predicted octanol–water partition coefficient (Wildman–Crippen LogP) is 2.09. The molecule has 1 atom stereocenters. The fraction of sp³-hybridized carbons (Fsp3) is 0.444. The van der Waals surface area contributed by atoms with Crippen LogP contribution in [0.2, 0.25) is 0 Å². The van der Waals surface area contributed by atoms with Crippen LogP contribution in [0, 0.1) is 6.92 Å². The topological polar surface area (TPSA) is 56.7 Å². The van der Waals surface area contributed by atoms with Crippen molar-refractivity contribution < 1.29 is 9.90 Å². The molecule has 3 rings (SSSR count). The number of carbonyl (C=O) groups is 1. The summed E-state index contributed by atoms with van der Waals surface area (Å²) in [5.74, 6) is 0.915. The molecule has 0 spiro atoms. The third-order valence-corrected chi connectivity index (χ3v) is 5.38. The van der Waals surface area contributed by atoms with Crippen LogP contribution >= 0.6 is 11.3 Å². The average molecular weight is 345 g/mol. The van der Waals surface area contributed by atoms with Crippen LogP contribution in [-0.2, 0) is 11.2 Å². The summed E-state index contributed by atoms with van der Waals surface area (Å²) in [5, 5.41) is 10.9. The van der Waals surface area contributed by atoms with Gasteiger partial charge < -0.3 is 14.9 Å². The first-order valence-corrected chi connectivity index (χ1v) is 8.94. The number of likely N-dealkylation sites (N-methyl/N-ethyl adjacent to an activating group) is 1. The van der Waals surface area contributed by atoms with Gasteiger partial charge in [-0.2, -0.15) is 0 Å².